The topological polar surface area (TPSA) is 26.0 Å². The van der Waals surface area contributed by atoms with Gasteiger partial charge in [-0.25, -0.2) is 0 Å². The second-order valence-electron chi connectivity index (χ2n) is 3.86. The van der Waals surface area contributed by atoms with Gasteiger partial charge in [0, 0.05) is 6.04 Å². The first-order valence-corrected chi connectivity index (χ1v) is 5.02. The zero-order chi connectivity index (χ0) is 8.39. The van der Waals surface area contributed by atoms with Crippen LogP contribution in [0, 0.1) is 0 Å². The summed E-state index contributed by atoms with van der Waals surface area (Å²) < 4.78 is 0. The van der Waals surface area contributed by atoms with Crippen LogP contribution in [0.25, 0.3) is 0 Å². The Morgan fingerprint density at radius 2 is 2.00 bits per heavy atom. The van der Waals surface area contributed by atoms with Crippen LogP contribution in [0.5, 0.6) is 0 Å². The normalized spacial score (nSPS) is 29.9. The van der Waals surface area contributed by atoms with E-state index >= 15 is 0 Å². The Hall–Kier alpha value is -0.560. The summed E-state index contributed by atoms with van der Waals surface area (Å²) in [5, 5.41) is 0. The summed E-state index contributed by atoms with van der Waals surface area (Å²) >= 11 is 0. The molecule has 0 aromatic carbocycles. The average molecular weight is 163 g/mol. The van der Waals surface area contributed by atoms with Crippen molar-refractivity contribution in [2.75, 3.05) is 0 Å². The van der Waals surface area contributed by atoms with Crippen LogP contribution < -0.4 is 5.73 Å². The minimum absolute atomic E-state index is 0.336. The lowest BCUT2D eigenvalue weighted by Gasteiger charge is -2.20. The summed E-state index contributed by atoms with van der Waals surface area (Å²) in [4.78, 5) is 0. The van der Waals surface area contributed by atoms with Gasteiger partial charge in [-0.05, 0) is 37.7 Å². The molecule has 0 amide bonds. The molecule has 2 aliphatic carbocycles. The van der Waals surface area contributed by atoms with Crippen molar-refractivity contribution in [1.82, 2.24) is 0 Å². The van der Waals surface area contributed by atoms with Gasteiger partial charge in [-0.1, -0.05) is 24.1 Å². The lowest BCUT2D eigenvalue weighted by Crippen LogP contribution is -2.24. The number of nitrogens with two attached hydrogens (primary N) is 1. The zero-order valence-electron chi connectivity index (χ0n) is 7.55. The van der Waals surface area contributed by atoms with Crippen LogP contribution in [0.4, 0.5) is 0 Å². The highest BCUT2D eigenvalue weighted by molar-refractivity contribution is 5.34. The standard InChI is InChI=1S/C11H17N/c12-11-8-4-6-9-5-2-1-3-7-10(9)11/h4,6,11H,1-3,5,7-8,12H2. The van der Waals surface area contributed by atoms with E-state index in [-0.39, 0.29) is 0 Å². The Kier molecular flexibility index (Phi) is 2.31. The Bertz CT molecular complexity index is 225. The molecule has 2 aliphatic rings. The van der Waals surface area contributed by atoms with Crippen molar-refractivity contribution in [2.24, 2.45) is 5.73 Å². The highest BCUT2D eigenvalue weighted by atomic mass is 14.6. The molecule has 0 aromatic heterocycles. The van der Waals surface area contributed by atoms with E-state index in [9.17, 15) is 0 Å². The van der Waals surface area contributed by atoms with E-state index in [4.69, 9.17) is 5.73 Å². The molecule has 1 nitrogen and oxygen atoms in total. The summed E-state index contributed by atoms with van der Waals surface area (Å²) in [6.07, 6.45) is 12.2. The molecule has 66 valence electrons. The number of hydrogen-bond donors (Lipinski definition) is 1. The van der Waals surface area contributed by atoms with E-state index in [0.29, 0.717) is 6.04 Å². The summed E-state index contributed by atoms with van der Waals surface area (Å²) in [5.74, 6) is 0. The van der Waals surface area contributed by atoms with E-state index in [1.165, 1.54) is 32.1 Å². The molecule has 1 heteroatoms. The van der Waals surface area contributed by atoms with Gasteiger partial charge in [0.1, 0.15) is 0 Å². The molecule has 0 fully saturated rings. The highest BCUT2D eigenvalue weighted by Gasteiger charge is 2.17. The molecule has 0 spiro atoms. The van der Waals surface area contributed by atoms with Gasteiger partial charge in [0.25, 0.3) is 0 Å². The number of allylic oxidation sites excluding steroid dienone is 2. The van der Waals surface area contributed by atoms with Gasteiger partial charge in [-0.2, -0.15) is 0 Å². The molecule has 0 radical (unpaired) electrons. The van der Waals surface area contributed by atoms with Crippen molar-refractivity contribution in [3.63, 3.8) is 0 Å². The Balaban J connectivity index is 2.23. The summed E-state index contributed by atoms with van der Waals surface area (Å²) in [5.41, 5.74) is 9.15. The van der Waals surface area contributed by atoms with Gasteiger partial charge in [-0.15, -0.1) is 0 Å². The van der Waals surface area contributed by atoms with Crippen LogP contribution in [0.2, 0.25) is 0 Å². The molecule has 12 heavy (non-hydrogen) atoms. The Morgan fingerprint density at radius 3 is 2.92 bits per heavy atom. The summed E-state index contributed by atoms with van der Waals surface area (Å²) in [6, 6.07) is 0.336. The lowest BCUT2D eigenvalue weighted by atomic mass is 9.90. The monoisotopic (exact) mass is 163 g/mol. The third-order valence-electron chi connectivity index (χ3n) is 2.96. The van der Waals surface area contributed by atoms with Crippen molar-refractivity contribution in [2.45, 2.75) is 44.6 Å². The van der Waals surface area contributed by atoms with Crippen molar-refractivity contribution in [1.29, 1.82) is 0 Å². The van der Waals surface area contributed by atoms with Crippen LogP contribution in [0.3, 0.4) is 0 Å². The second kappa shape index (κ2) is 3.44. The van der Waals surface area contributed by atoms with Gasteiger partial charge in [0.05, 0.1) is 0 Å². The van der Waals surface area contributed by atoms with Crippen LogP contribution >= 0.6 is 0 Å². The van der Waals surface area contributed by atoms with Crippen LogP contribution in [0.1, 0.15) is 38.5 Å². The molecular weight excluding hydrogens is 146 g/mol. The highest BCUT2D eigenvalue weighted by Crippen LogP contribution is 2.29. The maximum Gasteiger partial charge on any atom is 0.0294 e. The van der Waals surface area contributed by atoms with Crippen molar-refractivity contribution in [3.05, 3.63) is 23.3 Å². The number of hydrogen-bond acceptors (Lipinski definition) is 1. The number of rotatable bonds is 0. The predicted octanol–water partition coefficient (Wildman–Crippen LogP) is 2.53. The first-order chi connectivity index (χ1) is 5.88. The van der Waals surface area contributed by atoms with Crippen molar-refractivity contribution >= 4 is 0 Å². The zero-order valence-corrected chi connectivity index (χ0v) is 7.55. The molecule has 0 heterocycles. The molecule has 0 bridgehead atoms. The first kappa shape index (κ1) is 8.06. The molecule has 0 aliphatic heterocycles. The van der Waals surface area contributed by atoms with E-state index < -0.39 is 0 Å². The molecular formula is C11H17N. The molecule has 0 saturated heterocycles. The van der Waals surface area contributed by atoms with Gasteiger partial charge in [-0.3, -0.25) is 0 Å². The van der Waals surface area contributed by atoms with Gasteiger partial charge in [0.15, 0.2) is 0 Å². The largest absolute Gasteiger partial charge is 0.324 e. The SMILES string of the molecule is NC1CC=CC2=C1CCCCC2. The lowest BCUT2D eigenvalue weighted by molar-refractivity contribution is 0.676. The van der Waals surface area contributed by atoms with Crippen LogP contribution in [-0.4, -0.2) is 6.04 Å². The quantitative estimate of drug-likeness (QED) is 0.583. The van der Waals surface area contributed by atoms with Gasteiger partial charge >= 0.3 is 0 Å². The van der Waals surface area contributed by atoms with Crippen molar-refractivity contribution < 1.29 is 0 Å². The first-order valence-electron chi connectivity index (χ1n) is 5.02. The van der Waals surface area contributed by atoms with E-state index in [0.717, 1.165) is 6.42 Å². The minimum Gasteiger partial charge on any atom is -0.324 e. The van der Waals surface area contributed by atoms with E-state index in [1.807, 2.05) is 0 Å². The molecule has 2 rings (SSSR count). The van der Waals surface area contributed by atoms with Crippen molar-refractivity contribution in [3.8, 4) is 0 Å². The fourth-order valence-corrected chi connectivity index (χ4v) is 2.24. The molecule has 1 unspecified atom stereocenters. The molecule has 0 saturated carbocycles. The van der Waals surface area contributed by atoms with Crippen LogP contribution in [-0.2, 0) is 0 Å². The molecule has 1 atom stereocenters. The average Bonchev–Trinajstić information content (AvgIpc) is 2.30. The molecule has 2 N–H and O–H groups in total. The van der Waals surface area contributed by atoms with Gasteiger partial charge < -0.3 is 5.73 Å². The van der Waals surface area contributed by atoms with Gasteiger partial charge in [0.2, 0.25) is 0 Å². The Morgan fingerprint density at radius 1 is 1.17 bits per heavy atom. The predicted molar refractivity (Wildman–Crippen MR) is 51.8 cm³/mol. The Labute approximate surface area is 74.3 Å². The fourth-order valence-electron chi connectivity index (χ4n) is 2.24. The van der Waals surface area contributed by atoms with Crippen LogP contribution in [0.15, 0.2) is 23.3 Å². The minimum atomic E-state index is 0.336. The second-order valence-corrected chi connectivity index (χ2v) is 3.86. The summed E-state index contributed by atoms with van der Waals surface area (Å²) in [6.45, 7) is 0. The maximum atomic E-state index is 6.05. The maximum absolute atomic E-state index is 6.05. The smallest absolute Gasteiger partial charge is 0.0294 e. The molecule has 0 aromatic rings. The third kappa shape index (κ3) is 1.46. The summed E-state index contributed by atoms with van der Waals surface area (Å²) in [7, 11) is 0. The van der Waals surface area contributed by atoms with E-state index in [2.05, 4.69) is 12.2 Å². The van der Waals surface area contributed by atoms with E-state index in [1.54, 1.807) is 11.1 Å². The fraction of sp³-hybridized carbons (Fsp3) is 0.636. The third-order valence-corrected chi connectivity index (χ3v) is 2.96.